The standard InChI is InChI=1S/C17H24N6/c1-2-8-22(7-1)16-4-3-14(11-19-16)9-18-10-15-12-20-17-5-6-21-23(17)13-15/h3-6,11,15,18,20H,1-2,7-10,12-13H2/t15-/m1/s1. The van der Waals surface area contributed by atoms with E-state index in [2.05, 4.69) is 37.7 Å². The molecule has 122 valence electrons. The van der Waals surface area contributed by atoms with Crippen molar-refractivity contribution in [3.8, 4) is 0 Å². The van der Waals surface area contributed by atoms with Crippen LogP contribution in [-0.2, 0) is 13.1 Å². The van der Waals surface area contributed by atoms with Gasteiger partial charge < -0.3 is 15.5 Å². The minimum Gasteiger partial charge on any atom is -0.370 e. The van der Waals surface area contributed by atoms with Crippen LogP contribution < -0.4 is 15.5 Å². The van der Waals surface area contributed by atoms with Crippen LogP contribution in [-0.4, -0.2) is 40.9 Å². The highest BCUT2D eigenvalue weighted by Gasteiger charge is 2.17. The van der Waals surface area contributed by atoms with Crippen LogP contribution in [0.15, 0.2) is 30.6 Å². The zero-order valence-electron chi connectivity index (χ0n) is 13.4. The monoisotopic (exact) mass is 312 g/mol. The van der Waals surface area contributed by atoms with Gasteiger partial charge in [0.05, 0.1) is 6.20 Å². The lowest BCUT2D eigenvalue weighted by Crippen LogP contribution is -2.35. The van der Waals surface area contributed by atoms with Gasteiger partial charge in [0, 0.05) is 57.4 Å². The van der Waals surface area contributed by atoms with E-state index in [-0.39, 0.29) is 0 Å². The average Bonchev–Trinajstić information content (AvgIpc) is 3.27. The van der Waals surface area contributed by atoms with E-state index in [0.717, 1.165) is 50.9 Å². The summed E-state index contributed by atoms with van der Waals surface area (Å²) in [5, 5.41) is 11.3. The minimum atomic E-state index is 0.569. The van der Waals surface area contributed by atoms with Crippen molar-refractivity contribution in [3.63, 3.8) is 0 Å². The molecule has 0 amide bonds. The Balaban J connectivity index is 1.25. The highest BCUT2D eigenvalue weighted by atomic mass is 15.3. The summed E-state index contributed by atoms with van der Waals surface area (Å²) in [6.07, 6.45) is 6.44. The smallest absolute Gasteiger partial charge is 0.128 e. The molecule has 1 atom stereocenters. The quantitative estimate of drug-likeness (QED) is 0.880. The Morgan fingerprint density at radius 2 is 2.13 bits per heavy atom. The van der Waals surface area contributed by atoms with Gasteiger partial charge in [-0.25, -0.2) is 9.67 Å². The number of rotatable bonds is 5. The molecule has 2 aromatic rings. The summed E-state index contributed by atoms with van der Waals surface area (Å²) >= 11 is 0. The van der Waals surface area contributed by atoms with Gasteiger partial charge in [-0.2, -0.15) is 5.10 Å². The van der Waals surface area contributed by atoms with E-state index in [1.807, 2.05) is 23.1 Å². The highest BCUT2D eigenvalue weighted by molar-refractivity contribution is 5.40. The molecule has 2 aliphatic rings. The molecule has 0 radical (unpaired) electrons. The molecule has 0 unspecified atom stereocenters. The summed E-state index contributed by atoms with van der Waals surface area (Å²) in [6, 6.07) is 6.37. The third-order valence-corrected chi connectivity index (χ3v) is 4.72. The first-order valence-electron chi connectivity index (χ1n) is 8.55. The van der Waals surface area contributed by atoms with Gasteiger partial charge in [-0.1, -0.05) is 6.07 Å². The van der Waals surface area contributed by atoms with Crippen LogP contribution in [0.3, 0.4) is 0 Å². The third-order valence-electron chi connectivity index (χ3n) is 4.72. The minimum absolute atomic E-state index is 0.569. The van der Waals surface area contributed by atoms with Crippen LogP contribution in [0, 0.1) is 5.92 Å². The second kappa shape index (κ2) is 6.58. The number of fused-ring (bicyclic) bond motifs is 1. The molecule has 0 bridgehead atoms. The number of anilines is 2. The fourth-order valence-corrected chi connectivity index (χ4v) is 3.40. The predicted octanol–water partition coefficient (Wildman–Crippen LogP) is 1.71. The highest BCUT2D eigenvalue weighted by Crippen LogP contribution is 2.18. The Bertz CT molecular complexity index is 629. The SMILES string of the molecule is c1cc2n(n1)C[C@H](CNCc1ccc(N3CCCC3)nc1)CN2. The molecule has 4 rings (SSSR count). The molecule has 0 spiro atoms. The van der Waals surface area contributed by atoms with E-state index in [1.54, 1.807) is 0 Å². The molecule has 0 aliphatic carbocycles. The van der Waals surface area contributed by atoms with E-state index < -0.39 is 0 Å². The number of nitrogens with zero attached hydrogens (tertiary/aromatic N) is 4. The van der Waals surface area contributed by atoms with Crippen molar-refractivity contribution < 1.29 is 0 Å². The molecule has 23 heavy (non-hydrogen) atoms. The van der Waals surface area contributed by atoms with Crippen molar-refractivity contribution in [1.29, 1.82) is 0 Å². The average molecular weight is 312 g/mol. The number of nitrogens with one attached hydrogen (secondary N) is 2. The molecule has 2 aromatic heterocycles. The third kappa shape index (κ3) is 3.32. The Labute approximate surface area is 136 Å². The van der Waals surface area contributed by atoms with Crippen LogP contribution >= 0.6 is 0 Å². The van der Waals surface area contributed by atoms with E-state index in [9.17, 15) is 0 Å². The zero-order chi connectivity index (χ0) is 15.5. The van der Waals surface area contributed by atoms with Crippen molar-refractivity contribution in [2.75, 3.05) is 36.4 Å². The summed E-state index contributed by atoms with van der Waals surface area (Å²) in [7, 11) is 0. The van der Waals surface area contributed by atoms with E-state index >= 15 is 0 Å². The topological polar surface area (TPSA) is 58.0 Å². The van der Waals surface area contributed by atoms with Gasteiger partial charge >= 0.3 is 0 Å². The lowest BCUT2D eigenvalue weighted by molar-refractivity contribution is 0.391. The van der Waals surface area contributed by atoms with Crippen LogP contribution in [0.1, 0.15) is 18.4 Å². The lowest BCUT2D eigenvalue weighted by atomic mass is 10.1. The van der Waals surface area contributed by atoms with Gasteiger partial charge in [-0.3, -0.25) is 0 Å². The number of hydrogen-bond donors (Lipinski definition) is 2. The summed E-state index contributed by atoms with van der Waals surface area (Å²) < 4.78 is 2.04. The second-order valence-electron chi connectivity index (χ2n) is 6.50. The van der Waals surface area contributed by atoms with Crippen molar-refractivity contribution in [2.45, 2.75) is 25.9 Å². The Hall–Kier alpha value is -2.08. The van der Waals surface area contributed by atoms with Gasteiger partial charge in [0.25, 0.3) is 0 Å². The molecule has 4 heterocycles. The maximum Gasteiger partial charge on any atom is 0.128 e. The molecule has 1 fully saturated rings. The van der Waals surface area contributed by atoms with E-state index in [1.165, 1.54) is 18.4 Å². The first-order valence-corrected chi connectivity index (χ1v) is 8.55. The van der Waals surface area contributed by atoms with Crippen LogP contribution in [0.25, 0.3) is 0 Å². The molecular formula is C17H24N6. The summed E-state index contributed by atoms with van der Waals surface area (Å²) in [5.74, 6) is 2.82. The lowest BCUT2D eigenvalue weighted by Gasteiger charge is -2.25. The Morgan fingerprint density at radius 1 is 1.22 bits per heavy atom. The normalized spacial score (nSPS) is 20.3. The van der Waals surface area contributed by atoms with Gasteiger partial charge in [-0.05, 0) is 24.5 Å². The molecule has 6 heteroatoms. The van der Waals surface area contributed by atoms with Crippen molar-refractivity contribution in [1.82, 2.24) is 20.1 Å². The van der Waals surface area contributed by atoms with Gasteiger partial charge in [-0.15, -0.1) is 0 Å². The predicted molar refractivity (Wildman–Crippen MR) is 91.6 cm³/mol. The number of aromatic nitrogens is 3. The molecular weight excluding hydrogens is 288 g/mol. The zero-order valence-corrected chi connectivity index (χ0v) is 13.4. The van der Waals surface area contributed by atoms with Crippen LogP contribution in [0.5, 0.6) is 0 Å². The number of hydrogen-bond acceptors (Lipinski definition) is 5. The molecule has 1 saturated heterocycles. The maximum atomic E-state index is 4.61. The second-order valence-corrected chi connectivity index (χ2v) is 6.50. The van der Waals surface area contributed by atoms with Crippen LogP contribution in [0.2, 0.25) is 0 Å². The number of pyridine rings is 1. The maximum absolute atomic E-state index is 4.61. The molecule has 0 saturated carbocycles. The van der Waals surface area contributed by atoms with E-state index in [4.69, 9.17) is 0 Å². The largest absolute Gasteiger partial charge is 0.370 e. The first-order chi connectivity index (χ1) is 11.4. The van der Waals surface area contributed by atoms with E-state index in [0.29, 0.717) is 5.92 Å². The molecule has 0 aromatic carbocycles. The first kappa shape index (κ1) is 14.5. The Morgan fingerprint density at radius 3 is 2.96 bits per heavy atom. The van der Waals surface area contributed by atoms with Crippen molar-refractivity contribution >= 4 is 11.6 Å². The molecule has 2 N–H and O–H groups in total. The molecule has 2 aliphatic heterocycles. The fourth-order valence-electron chi connectivity index (χ4n) is 3.40. The van der Waals surface area contributed by atoms with Crippen molar-refractivity contribution in [2.24, 2.45) is 5.92 Å². The summed E-state index contributed by atoms with van der Waals surface area (Å²) in [4.78, 5) is 6.98. The van der Waals surface area contributed by atoms with Crippen molar-refractivity contribution in [3.05, 3.63) is 36.2 Å². The summed E-state index contributed by atoms with van der Waals surface area (Å²) in [6.45, 7) is 6.14. The fraction of sp³-hybridized carbons (Fsp3) is 0.529. The van der Waals surface area contributed by atoms with Gasteiger partial charge in [0.15, 0.2) is 0 Å². The molecule has 6 nitrogen and oxygen atoms in total. The van der Waals surface area contributed by atoms with Crippen LogP contribution in [0.4, 0.5) is 11.6 Å². The summed E-state index contributed by atoms with van der Waals surface area (Å²) in [5.41, 5.74) is 1.25. The van der Waals surface area contributed by atoms with Gasteiger partial charge in [0.1, 0.15) is 11.6 Å². The Kier molecular flexibility index (Phi) is 4.15. The van der Waals surface area contributed by atoms with Gasteiger partial charge in [0.2, 0.25) is 0 Å².